The molecular formula is C20H27N3O. The fourth-order valence-corrected chi connectivity index (χ4v) is 4.28. The van der Waals surface area contributed by atoms with E-state index in [1.807, 2.05) is 24.3 Å². The van der Waals surface area contributed by atoms with E-state index >= 15 is 0 Å². The molecule has 0 saturated carbocycles. The van der Waals surface area contributed by atoms with Gasteiger partial charge in [0.25, 0.3) is 0 Å². The molecule has 0 bridgehead atoms. The highest BCUT2D eigenvalue weighted by Crippen LogP contribution is 2.34. The van der Waals surface area contributed by atoms with Crippen molar-refractivity contribution in [2.45, 2.75) is 58.0 Å². The highest BCUT2D eigenvalue weighted by Gasteiger charge is 2.37. The molecule has 4 nitrogen and oxygen atoms in total. The van der Waals surface area contributed by atoms with Crippen LogP contribution in [0, 0.1) is 5.92 Å². The van der Waals surface area contributed by atoms with Crippen molar-refractivity contribution in [1.82, 2.24) is 15.5 Å². The van der Waals surface area contributed by atoms with Gasteiger partial charge in [-0.15, -0.1) is 0 Å². The Labute approximate surface area is 144 Å². The molecule has 4 heteroatoms. The van der Waals surface area contributed by atoms with Crippen molar-refractivity contribution in [3.05, 3.63) is 42.1 Å². The number of para-hydroxylation sites is 1. The molecule has 1 saturated heterocycles. The van der Waals surface area contributed by atoms with E-state index in [0.717, 1.165) is 30.5 Å². The van der Waals surface area contributed by atoms with Gasteiger partial charge in [0.05, 0.1) is 11.4 Å². The Hall–Kier alpha value is -1.94. The van der Waals surface area contributed by atoms with Crippen molar-refractivity contribution in [2.24, 2.45) is 5.92 Å². The largest absolute Gasteiger partial charge is 0.507 e. The highest BCUT2D eigenvalue weighted by atomic mass is 16.3. The quantitative estimate of drug-likeness (QED) is 0.897. The van der Waals surface area contributed by atoms with Crippen LogP contribution in [0.5, 0.6) is 5.75 Å². The Bertz CT molecular complexity index is 691. The standard InChI is InChI=1S/C20H27N3O/c1-19(2)12-14(13-20(3,4)23-19)11-15-9-10-17(22-21-15)16-7-5-6-8-18(16)24/h5-10,14,23-24H,11-13H2,1-4H3. The number of nitrogens with zero attached hydrogens (tertiary/aromatic N) is 2. The number of hydrogen-bond acceptors (Lipinski definition) is 4. The number of aromatic nitrogens is 2. The van der Waals surface area contributed by atoms with Gasteiger partial charge in [0.15, 0.2) is 0 Å². The van der Waals surface area contributed by atoms with E-state index in [-0.39, 0.29) is 16.8 Å². The minimum absolute atomic E-state index is 0.148. The molecule has 1 aromatic heterocycles. The summed E-state index contributed by atoms with van der Waals surface area (Å²) >= 11 is 0. The molecule has 24 heavy (non-hydrogen) atoms. The molecule has 0 radical (unpaired) electrons. The zero-order valence-electron chi connectivity index (χ0n) is 15.0. The van der Waals surface area contributed by atoms with Crippen LogP contribution < -0.4 is 5.32 Å². The lowest BCUT2D eigenvalue weighted by molar-refractivity contribution is 0.128. The SMILES string of the molecule is CC1(C)CC(Cc2ccc(-c3ccccc3O)nn2)CC(C)(C)N1. The molecule has 0 aliphatic carbocycles. The van der Waals surface area contributed by atoms with Crippen LogP contribution in [0.2, 0.25) is 0 Å². The predicted molar refractivity (Wildman–Crippen MR) is 96.9 cm³/mol. The molecular weight excluding hydrogens is 298 g/mol. The van der Waals surface area contributed by atoms with Crippen LogP contribution in [0.25, 0.3) is 11.3 Å². The van der Waals surface area contributed by atoms with Gasteiger partial charge in [0.2, 0.25) is 0 Å². The van der Waals surface area contributed by atoms with Crippen LogP contribution in [0.1, 0.15) is 46.2 Å². The average molecular weight is 325 g/mol. The van der Waals surface area contributed by atoms with E-state index in [9.17, 15) is 5.11 Å². The Morgan fingerprint density at radius 3 is 2.25 bits per heavy atom. The highest BCUT2D eigenvalue weighted by molar-refractivity contribution is 5.65. The molecule has 0 atom stereocenters. The lowest BCUT2D eigenvalue weighted by Crippen LogP contribution is -2.58. The maximum Gasteiger partial charge on any atom is 0.125 e. The predicted octanol–water partition coefficient (Wildman–Crippen LogP) is 3.95. The van der Waals surface area contributed by atoms with Crippen LogP contribution >= 0.6 is 0 Å². The molecule has 1 aliphatic rings. The molecule has 3 rings (SSSR count). The van der Waals surface area contributed by atoms with E-state index < -0.39 is 0 Å². The summed E-state index contributed by atoms with van der Waals surface area (Å²) in [6, 6.07) is 11.2. The van der Waals surface area contributed by atoms with Crippen molar-refractivity contribution >= 4 is 0 Å². The summed E-state index contributed by atoms with van der Waals surface area (Å²) in [5.41, 5.74) is 2.75. The van der Waals surface area contributed by atoms with Crippen LogP contribution in [-0.2, 0) is 6.42 Å². The van der Waals surface area contributed by atoms with Crippen LogP contribution in [0.15, 0.2) is 36.4 Å². The Kier molecular flexibility index (Phi) is 4.35. The first-order chi connectivity index (χ1) is 11.2. The third-order valence-electron chi connectivity index (χ3n) is 4.67. The first-order valence-corrected chi connectivity index (χ1v) is 8.64. The minimum Gasteiger partial charge on any atom is -0.507 e. The summed E-state index contributed by atoms with van der Waals surface area (Å²) < 4.78 is 0. The van der Waals surface area contributed by atoms with E-state index in [4.69, 9.17) is 0 Å². The number of piperidine rings is 1. The van der Waals surface area contributed by atoms with Crippen molar-refractivity contribution < 1.29 is 5.11 Å². The Morgan fingerprint density at radius 1 is 1.00 bits per heavy atom. The number of nitrogens with one attached hydrogen (secondary N) is 1. The van der Waals surface area contributed by atoms with Crippen molar-refractivity contribution in [3.63, 3.8) is 0 Å². The smallest absolute Gasteiger partial charge is 0.125 e. The average Bonchev–Trinajstić information content (AvgIpc) is 2.45. The minimum atomic E-state index is 0.148. The van der Waals surface area contributed by atoms with Gasteiger partial charge in [0, 0.05) is 16.6 Å². The summed E-state index contributed by atoms with van der Waals surface area (Å²) in [7, 11) is 0. The second-order valence-corrected chi connectivity index (χ2v) is 8.30. The van der Waals surface area contributed by atoms with Gasteiger partial charge in [0.1, 0.15) is 5.75 Å². The van der Waals surface area contributed by atoms with E-state index in [0.29, 0.717) is 11.6 Å². The third kappa shape index (κ3) is 3.93. The second kappa shape index (κ2) is 6.17. The maximum absolute atomic E-state index is 9.93. The zero-order valence-corrected chi connectivity index (χ0v) is 15.0. The fraction of sp³-hybridized carbons (Fsp3) is 0.500. The molecule has 128 valence electrons. The van der Waals surface area contributed by atoms with Gasteiger partial charge in [-0.2, -0.15) is 10.2 Å². The molecule has 1 aromatic carbocycles. The van der Waals surface area contributed by atoms with Gasteiger partial charge in [-0.25, -0.2) is 0 Å². The van der Waals surface area contributed by atoms with Crippen LogP contribution in [0.3, 0.4) is 0 Å². The topological polar surface area (TPSA) is 58.0 Å². The molecule has 0 unspecified atom stereocenters. The third-order valence-corrected chi connectivity index (χ3v) is 4.67. The lowest BCUT2D eigenvalue weighted by atomic mass is 9.74. The van der Waals surface area contributed by atoms with Crippen molar-refractivity contribution in [3.8, 4) is 17.0 Å². The summed E-state index contributed by atoms with van der Waals surface area (Å²) in [6.07, 6.45) is 3.22. The number of rotatable bonds is 3. The van der Waals surface area contributed by atoms with Gasteiger partial charge in [-0.05, 0) is 77.1 Å². The van der Waals surface area contributed by atoms with Crippen molar-refractivity contribution in [2.75, 3.05) is 0 Å². The van der Waals surface area contributed by atoms with Gasteiger partial charge in [-0.1, -0.05) is 12.1 Å². The van der Waals surface area contributed by atoms with Crippen molar-refractivity contribution in [1.29, 1.82) is 0 Å². The molecule has 0 spiro atoms. The first kappa shape index (κ1) is 16.9. The number of aromatic hydroxyl groups is 1. The van der Waals surface area contributed by atoms with Gasteiger partial charge < -0.3 is 10.4 Å². The van der Waals surface area contributed by atoms with Crippen LogP contribution in [-0.4, -0.2) is 26.4 Å². The van der Waals surface area contributed by atoms with Crippen LogP contribution in [0.4, 0.5) is 0 Å². The number of phenols is 1. The molecule has 1 fully saturated rings. The summed E-state index contributed by atoms with van der Waals surface area (Å²) in [6.45, 7) is 9.09. The number of phenolic OH excluding ortho intramolecular Hbond substituents is 1. The molecule has 2 N–H and O–H groups in total. The monoisotopic (exact) mass is 325 g/mol. The second-order valence-electron chi connectivity index (χ2n) is 8.30. The first-order valence-electron chi connectivity index (χ1n) is 8.64. The number of benzene rings is 1. The Balaban J connectivity index is 1.74. The summed E-state index contributed by atoms with van der Waals surface area (Å²) in [5, 5.41) is 22.4. The number of hydrogen-bond donors (Lipinski definition) is 2. The fourth-order valence-electron chi connectivity index (χ4n) is 4.28. The lowest BCUT2D eigenvalue weighted by Gasteiger charge is -2.46. The summed E-state index contributed by atoms with van der Waals surface area (Å²) in [5.74, 6) is 0.836. The normalized spacial score (nSPS) is 20.0. The van der Waals surface area contributed by atoms with Gasteiger partial charge in [-0.3, -0.25) is 0 Å². The molecule has 1 aliphatic heterocycles. The van der Waals surface area contributed by atoms with E-state index in [1.54, 1.807) is 12.1 Å². The summed E-state index contributed by atoms with van der Waals surface area (Å²) in [4.78, 5) is 0. The van der Waals surface area contributed by atoms with E-state index in [1.165, 1.54) is 0 Å². The Morgan fingerprint density at radius 2 is 1.67 bits per heavy atom. The molecule has 2 heterocycles. The van der Waals surface area contributed by atoms with E-state index in [2.05, 4.69) is 43.2 Å². The zero-order chi connectivity index (χ0) is 17.4. The maximum atomic E-state index is 9.93. The molecule has 0 amide bonds. The molecule has 2 aromatic rings. The van der Waals surface area contributed by atoms with Gasteiger partial charge >= 0.3 is 0 Å².